The van der Waals surface area contributed by atoms with E-state index < -0.39 is 0 Å². The second-order valence-electron chi connectivity index (χ2n) is 20.8. The van der Waals surface area contributed by atoms with Gasteiger partial charge in [-0.2, -0.15) is 0 Å². The summed E-state index contributed by atoms with van der Waals surface area (Å²) in [7, 11) is 0. The predicted molar refractivity (Wildman–Crippen MR) is 256 cm³/mol. The summed E-state index contributed by atoms with van der Waals surface area (Å²) >= 11 is 0. The van der Waals surface area contributed by atoms with Gasteiger partial charge in [-0.1, -0.05) is 165 Å². The number of fused-ring (bicyclic) bond motifs is 16. The molecule has 0 spiro atoms. The molecule has 0 atom stereocenters. The molecule has 0 bridgehead atoms. The van der Waals surface area contributed by atoms with E-state index in [0.29, 0.717) is 0 Å². The second-order valence-corrected chi connectivity index (χ2v) is 20.8. The minimum atomic E-state index is -0.209. The monoisotopic (exact) mass is 785 g/mol. The fraction of sp³-hybridized carbons (Fsp3) is 0.233. The summed E-state index contributed by atoms with van der Waals surface area (Å²) in [5.41, 5.74) is 28.9. The van der Waals surface area contributed by atoms with Crippen molar-refractivity contribution < 1.29 is 0 Å². The largest absolute Gasteiger partial charge is 0.309 e. The predicted octanol–water partition coefficient (Wildman–Crippen LogP) is 15.6. The van der Waals surface area contributed by atoms with Gasteiger partial charge in [0.25, 0.3) is 0 Å². The number of rotatable bonds is 1. The zero-order valence-corrected chi connectivity index (χ0v) is 36.6. The molecule has 5 aliphatic rings. The first kappa shape index (κ1) is 35.6. The number of benzene rings is 8. The van der Waals surface area contributed by atoms with Crippen molar-refractivity contribution in [2.24, 2.45) is 0 Å². The molecule has 0 saturated carbocycles. The number of aryl methyl sites for hydroxylation is 2. The molecule has 8 aromatic rings. The van der Waals surface area contributed by atoms with Crippen molar-refractivity contribution >= 4 is 27.8 Å². The molecule has 1 nitrogen and oxygen atoms in total. The van der Waals surface area contributed by atoms with Gasteiger partial charge in [0.15, 0.2) is 0 Å². The number of hydrogen-bond acceptors (Lipinski definition) is 1. The lowest BCUT2D eigenvalue weighted by Gasteiger charge is -2.32. The first-order valence-corrected chi connectivity index (χ1v) is 22.5. The van der Waals surface area contributed by atoms with Crippen LogP contribution in [0, 0.1) is 0 Å². The van der Waals surface area contributed by atoms with Gasteiger partial charge in [0, 0.05) is 38.4 Å². The Balaban J connectivity index is 1.11. The third-order valence-corrected chi connectivity index (χ3v) is 16.3. The molecule has 0 aromatic heterocycles. The van der Waals surface area contributed by atoms with E-state index in [1.165, 1.54) is 128 Å². The van der Waals surface area contributed by atoms with Crippen molar-refractivity contribution in [1.82, 2.24) is 0 Å². The van der Waals surface area contributed by atoms with E-state index in [0.717, 1.165) is 12.8 Å². The minimum absolute atomic E-state index is 0.0642. The van der Waals surface area contributed by atoms with Crippen LogP contribution in [0.4, 0.5) is 17.1 Å². The van der Waals surface area contributed by atoms with Crippen LogP contribution in [0.1, 0.15) is 111 Å². The van der Waals surface area contributed by atoms with E-state index in [4.69, 9.17) is 0 Å². The summed E-state index contributed by atoms with van der Waals surface area (Å²) < 4.78 is 0. The molecule has 1 aliphatic heterocycles. The molecule has 13 rings (SSSR count). The Morgan fingerprint density at radius 2 is 0.689 bits per heavy atom. The summed E-state index contributed by atoms with van der Waals surface area (Å²) in [6, 6.07) is 54.7. The van der Waals surface area contributed by atoms with Gasteiger partial charge in [-0.3, -0.25) is 0 Å². The molecule has 0 fully saturated rings. The highest BCUT2D eigenvalue weighted by Crippen LogP contribution is 2.61. The standard InChI is InChI=1S/C60H51N/c1-57(2)46-23-15-12-18-37(46)42-31-53-34(27-48(42)57)25-26-35-28-49-43(38-19-13-16-24-47(38)58(49,3)4)32-54(35)61(53)55-33-52-56(40-21-10-9-20-39(40)55)44-30-50-41(29-51(44)60(52,7)8)36-17-11-14-22-45(36)59(50,5)6/h9-24,27-33H,25-26H2,1-8H3. The molecule has 0 radical (unpaired) electrons. The molecule has 1 heterocycles. The van der Waals surface area contributed by atoms with Crippen LogP contribution in [0.15, 0.2) is 140 Å². The van der Waals surface area contributed by atoms with E-state index in [2.05, 4.69) is 200 Å². The van der Waals surface area contributed by atoms with Gasteiger partial charge >= 0.3 is 0 Å². The number of anilines is 3. The fourth-order valence-corrected chi connectivity index (χ4v) is 13.0. The molecular formula is C60H51N. The third-order valence-electron chi connectivity index (χ3n) is 16.3. The number of nitrogens with zero attached hydrogens (tertiary/aromatic N) is 1. The van der Waals surface area contributed by atoms with Crippen LogP contribution < -0.4 is 4.90 Å². The lowest BCUT2D eigenvalue weighted by Crippen LogP contribution is -2.19. The highest BCUT2D eigenvalue weighted by atomic mass is 15.2. The van der Waals surface area contributed by atoms with Gasteiger partial charge < -0.3 is 4.90 Å². The Morgan fingerprint density at radius 3 is 1.20 bits per heavy atom. The van der Waals surface area contributed by atoms with Crippen LogP contribution in [0.25, 0.3) is 55.3 Å². The molecule has 296 valence electrons. The van der Waals surface area contributed by atoms with Gasteiger partial charge in [0.2, 0.25) is 0 Å². The topological polar surface area (TPSA) is 3.24 Å². The van der Waals surface area contributed by atoms with Gasteiger partial charge in [-0.15, -0.1) is 0 Å². The highest BCUT2D eigenvalue weighted by molar-refractivity contribution is 6.11. The Morgan fingerprint density at radius 1 is 0.311 bits per heavy atom. The summed E-state index contributed by atoms with van der Waals surface area (Å²) in [5, 5.41) is 2.64. The van der Waals surface area contributed by atoms with Crippen LogP contribution in [0.5, 0.6) is 0 Å². The van der Waals surface area contributed by atoms with Crippen molar-refractivity contribution in [2.45, 2.75) is 89.9 Å². The molecule has 0 saturated heterocycles. The third kappa shape index (κ3) is 4.32. The molecule has 0 unspecified atom stereocenters. The van der Waals surface area contributed by atoms with Crippen LogP contribution in [0.3, 0.4) is 0 Å². The summed E-state index contributed by atoms with van der Waals surface area (Å²) in [6.07, 6.45) is 1.99. The van der Waals surface area contributed by atoms with Crippen molar-refractivity contribution in [3.05, 3.63) is 195 Å². The van der Waals surface area contributed by atoms with E-state index in [-0.39, 0.29) is 21.7 Å². The van der Waals surface area contributed by atoms with Gasteiger partial charge in [0.1, 0.15) is 0 Å². The Kier molecular flexibility index (Phi) is 6.64. The number of hydrogen-bond donors (Lipinski definition) is 0. The van der Waals surface area contributed by atoms with Crippen molar-refractivity contribution in [3.63, 3.8) is 0 Å². The van der Waals surface area contributed by atoms with Gasteiger partial charge in [-0.25, -0.2) is 0 Å². The maximum Gasteiger partial charge on any atom is 0.0543 e. The average molecular weight is 786 g/mol. The van der Waals surface area contributed by atoms with E-state index in [1.54, 1.807) is 0 Å². The maximum absolute atomic E-state index is 2.71. The summed E-state index contributed by atoms with van der Waals surface area (Å²) in [4.78, 5) is 2.71. The highest BCUT2D eigenvalue weighted by Gasteiger charge is 2.44. The Bertz CT molecular complexity index is 3200. The van der Waals surface area contributed by atoms with Crippen LogP contribution in [-0.2, 0) is 34.5 Å². The second kappa shape index (κ2) is 11.4. The molecule has 61 heavy (non-hydrogen) atoms. The smallest absolute Gasteiger partial charge is 0.0543 e. The summed E-state index contributed by atoms with van der Waals surface area (Å²) in [5.74, 6) is 0. The summed E-state index contributed by atoms with van der Waals surface area (Å²) in [6.45, 7) is 19.4. The zero-order chi connectivity index (χ0) is 41.5. The van der Waals surface area contributed by atoms with Crippen LogP contribution in [-0.4, -0.2) is 0 Å². The quantitative estimate of drug-likeness (QED) is 0.160. The minimum Gasteiger partial charge on any atom is -0.309 e. The lowest BCUT2D eigenvalue weighted by atomic mass is 9.79. The first-order valence-electron chi connectivity index (χ1n) is 22.5. The van der Waals surface area contributed by atoms with Crippen LogP contribution >= 0.6 is 0 Å². The Labute approximate surface area is 360 Å². The SMILES string of the molecule is CC1(C)c2ccccc2-c2cc3c(cc21)CCc1cc2c(cc1N3c1cc3c(c4ccccc14)-c1cc4c(cc1C3(C)C)-c1ccccc1C4(C)C)-c1ccccc1C2(C)C. The van der Waals surface area contributed by atoms with E-state index in [9.17, 15) is 0 Å². The van der Waals surface area contributed by atoms with Crippen LogP contribution in [0.2, 0.25) is 0 Å². The fourth-order valence-electron chi connectivity index (χ4n) is 13.0. The van der Waals surface area contributed by atoms with Gasteiger partial charge in [-0.05, 0) is 149 Å². The molecule has 0 amide bonds. The molecule has 1 heteroatoms. The first-order chi connectivity index (χ1) is 29.3. The maximum atomic E-state index is 2.71. The molecule has 0 N–H and O–H groups in total. The average Bonchev–Trinajstić information content (AvgIpc) is 3.76. The lowest BCUT2D eigenvalue weighted by molar-refractivity contribution is 0.652. The Hall–Kier alpha value is -6.18. The van der Waals surface area contributed by atoms with Crippen molar-refractivity contribution in [3.8, 4) is 44.5 Å². The molecule has 4 aliphatic carbocycles. The van der Waals surface area contributed by atoms with Crippen molar-refractivity contribution in [1.29, 1.82) is 0 Å². The normalized spacial score (nSPS) is 17.9. The molecule has 8 aromatic carbocycles. The van der Waals surface area contributed by atoms with E-state index >= 15 is 0 Å². The van der Waals surface area contributed by atoms with Gasteiger partial charge in [0.05, 0.1) is 5.69 Å². The van der Waals surface area contributed by atoms with Crippen molar-refractivity contribution in [2.75, 3.05) is 4.90 Å². The molecular weight excluding hydrogens is 735 g/mol. The van der Waals surface area contributed by atoms with E-state index in [1.807, 2.05) is 0 Å². The zero-order valence-electron chi connectivity index (χ0n) is 36.6.